The molecule has 0 bridgehead atoms. The van der Waals surface area contributed by atoms with Gasteiger partial charge >= 0.3 is 0 Å². The third kappa shape index (κ3) is 6.63. The third-order valence-electron chi connectivity index (χ3n) is 6.17. The number of carbonyl (C=O) groups excluding carboxylic acids is 1. The number of benzene rings is 3. The third-order valence-corrected chi connectivity index (χ3v) is 10.3. The zero-order valence-corrected chi connectivity index (χ0v) is 24.1. The van der Waals surface area contributed by atoms with Crippen molar-refractivity contribution in [3.05, 3.63) is 81.6 Å². The molecule has 1 unspecified atom stereocenters. The van der Waals surface area contributed by atoms with Crippen LogP contribution in [0.4, 0.5) is 4.39 Å². The summed E-state index contributed by atoms with van der Waals surface area (Å²) in [7, 11) is -5.50. The number of hydrogen-bond donors (Lipinski definition) is 0. The second-order valence-corrected chi connectivity index (χ2v) is 14.0. The van der Waals surface area contributed by atoms with Crippen molar-refractivity contribution in [2.24, 2.45) is 0 Å². The molecule has 6 nitrogen and oxygen atoms in total. The van der Waals surface area contributed by atoms with Gasteiger partial charge in [0.2, 0.25) is 0 Å². The molecular formula is C27H27Cl2FO6S2. The van der Waals surface area contributed by atoms with Crippen LogP contribution in [0.1, 0.15) is 30.9 Å². The highest BCUT2D eigenvalue weighted by molar-refractivity contribution is 7.91. The number of methoxy groups -OCH3 is 1. The second kappa shape index (κ2) is 12.3. The maximum atomic E-state index is 14.9. The van der Waals surface area contributed by atoms with E-state index in [9.17, 15) is 26.0 Å². The van der Waals surface area contributed by atoms with Crippen molar-refractivity contribution in [1.29, 1.82) is 0 Å². The molecule has 0 saturated heterocycles. The fourth-order valence-electron chi connectivity index (χ4n) is 3.98. The van der Waals surface area contributed by atoms with E-state index in [1.54, 1.807) is 19.1 Å². The van der Waals surface area contributed by atoms with Crippen LogP contribution in [-0.2, 0) is 35.6 Å². The molecule has 0 radical (unpaired) electrons. The average Bonchev–Trinajstić information content (AvgIpc) is 2.87. The standard InChI is InChI=1S/C27H27Cl2FO6S2/c1-4-37(32,33)19-8-6-18(7-9-19)22(16-36-3)26(31)14-17-12-23(28)27(24(29)13-17)21-11-10-20(15-25(21)30)38(34,35)5-2/h6-13,15,22H,4-5,14,16H2,1-3H3. The van der Waals surface area contributed by atoms with Crippen LogP contribution in [0.2, 0.25) is 10.0 Å². The zero-order valence-electron chi connectivity index (χ0n) is 21.0. The highest BCUT2D eigenvalue weighted by atomic mass is 35.5. The van der Waals surface area contributed by atoms with E-state index in [1.165, 1.54) is 50.4 Å². The summed E-state index contributed by atoms with van der Waals surface area (Å²) in [6.07, 6.45) is -0.0566. The minimum atomic E-state index is -3.59. The van der Waals surface area contributed by atoms with Crippen LogP contribution in [0.25, 0.3) is 11.1 Å². The second-order valence-electron chi connectivity index (χ2n) is 8.60. The summed E-state index contributed by atoms with van der Waals surface area (Å²) in [5, 5.41) is 0.199. The number of Topliss-reactive ketones (excluding diaryl/α,β-unsaturated/α-hetero) is 1. The Morgan fingerprint density at radius 3 is 1.89 bits per heavy atom. The van der Waals surface area contributed by atoms with Crippen LogP contribution in [0, 0.1) is 5.82 Å². The number of sulfone groups is 2. The molecule has 3 aromatic carbocycles. The van der Waals surface area contributed by atoms with Crippen molar-refractivity contribution in [3.8, 4) is 11.1 Å². The highest BCUT2D eigenvalue weighted by Crippen LogP contribution is 2.38. The quantitative estimate of drug-likeness (QED) is 0.271. The van der Waals surface area contributed by atoms with Crippen LogP contribution in [-0.4, -0.2) is 47.8 Å². The summed E-state index contributed by atoms with van der Waals surface area (Å²) >= 11 is 12.9. The summed E-state index contributed by atoms with van der Waals surface area (Å²) in [5.41, 5.74) is 1.31. The molecule has 0 saturated carbocycles. The lowest BCUT2D eigenvalue weighted by Crippen LogP contribution is -2.20. The van der Waals surface area contributed by atoms with Crippen molar-refractivity contribution in [3.63, 3.8) is 0 Å². The van der Waals surface area contributed by atoms with E-state index in [-0.39, 0.29) is 61.3 Å². The Morgan fingerprint density at radius 2 is 1.39 bits per heavy atom. The molecule has 0 aliphatic rings. The smallest absolute Gasteiger partial charge is 0.178 e. The molecule has 204 valence electrons. The van der Waals surface area contributed by atoms with Gasteiger partial charge in [-0.05, 0) is 47.5 Å². The topological polar surface area (TPSA) is 94.6 Å². The number of ether oxygens (including phenoxy) is 1. The van der Waals surface area contributed by atoms with Crippen molar-refractivity contribution in [2.75, 3.05) is 25.2 Å². The summed E-state index contributed by atoms with van der Waals surface area (Å²) in [6, 6.07) is 12.7. The van der Waals surface area contributed by atoms with E-state index in [1.807, 2.05) is 0 Å². The lowest BCUT2D eigenvalue weighted by Gasteiger charge is -2.17. The average molecular weight is 602 g/mol. The summed E-state index contributed by atoms with van der Waals surface area (Å²) < 4.78 is 68.5. The lowest BCUT2D eigenvalue weighted by atomic mass is 9.91. The van der Waals surface area contributed by atoms with Gasteiger partial charge in [0.15, 0.2) is 19.7 Å². The first-order valence-corrected chi connectivity index (χ1v) is 15.8. The number of hydrogen-bond acceptors (Lipinski definition) is 6. The normalized spacial score (nSPS) is 12.9. The molecule has 38 heavy (non-hydrogen) atoms. The minimum absolute atomic E-state index is 0.0316. The Bertz CT molecular complexity index is 1530. The van der Waals surface area contributed by atoms with Gasteiger partial charge in [0.1, 0.15) is 11.6 Å². The first-order valence-electron chi connectivity index (χ1n) is 11.7. The van der Waals surface area contributed by atoms with Gasteiger partial charge in [-0.25, -0.2) is 21.2 Å². The van der Waals surface area contributed by atoms with Crippen LogP contribution >= 0.6 is 23.2 Å². The van der Waals surface area contributed by atoms with Gasteiger partial charge in [0, 0.05) is 24.7 Å². The van der Waals surface area contributed by atoms with Crippen LogP contribution in [0.3, 0.4) is 0 Å². The molecule has 0 N–H and O–H groups in total. The summed E-state index contributed by atoms with van der Waals surface area (Å²) in [5.74, 6) is -1.86. The van der Waals surface area contributed by atoms with E-state index in [0.29, 0.717) is 11.1 Å². The molecule has 0 heterocycles. The Morgan fingerprint density at radius 1 is 0.868 bits per heavy atom. The fraction of sp³-hybridized carbons (Fsp3) is 0.296. The molecule has 0 aliphatic carbocycles. The van der Waals surface area contributed by atoms with Crippen molar-refractivity contribution >= 4 is 48.7 Å². The highest BCUT2D eigenvalue weighted by Gasteiger charge is 2.24. The summed E-state index contributed by atoms with van der Waals surface area (Å²) in [4.78, 5) is 13.3. The molecule has 0 aromatic heterocycles. The molecule has 0 spiro atoms. The Balaban J connectivity index is 1.89. The molecule has 0 aliphatic heterocycles. The van der Waals surface area contributed by atoms with Gasteiger partial charge < -0.3 is 4.74 Å². The predicted molar refractivity (Wildman–Crippen MR) is 147 cm³/mol. The van der Waals surface area contributed by atoms with Gasteiger partial charge in [-0.15, -0.1) is 0 Å². The van der Waals surface area contributed by atoms with Gasteiger partial charge in [-0.2, -0.15) is 0 Å². The van der Waals surface area contributed by atoms with Crippen molar-refractivity contribution in [1.82, 2.24) is 0 Å². The Hall–Kier alpha value is -2.30. The SMILES string of the molecule is CCS(=O)(=O)c1ccc(C(COC)C(=O)Cc2cc(Cl)c(-c3ccc(S(=O)(=O)CC)cc3F)c(Cl)c2)cc1. The van der Waals surface area contributed by atoms with Gasteiger partial charge in [0.05, 0.1) is 43.9 Å². The summed E-state index contributed by atoms with van der Waals surface area (Å²) in [6.45, 7) is 3.11. The maximum absolute atomic E-state index is 14.9. The van der Waals surface area contributed by atoms with E-state index >= 15 is 0 Å². The first-order chi connectivity index (χ1) is 17.8. The van der Waals surface area contributed by atoms with E-state index in [0.717, 1.165) is 6.07 Å². The van der Waals surface area contributed by atoms with E-state index in [4.69, 9.17) is 27.9 Å². The van der Waals surface area contributed by atoms with Gasteiger partial charge in [-0.1, -0.05) is 55.2 Å². The van der Waals surface area contributed by atoms with Gasteiger partial charge in [0.25, 0.3) is 0 Å². The molecule has 3 aromatic rings. The van der Waals surface area contributed by atoms with Crippen molar-refractivity contribution < 1.29 is 30.8 Å². The molecule has 3 rings (SSSR count). The fourth-order valence-corrected chi connectivity index (χ4v) is 6.50. The largest absolute Gasteiger partial charge is 0.384 e. The lowest BCUT2D eigenvalue weighted by molar-refractivity contribution is -0.121. The molecule has 11 heteroatoms. The van der Waals surface area contributed by atoms with Crippen LogP contribution in [0.15, 0.2) is 64.4 Å². The first kappa shape index (κ1) is 30.2. The number of carbonyl (C=O) groups is 1. The van der Waals surface area contributed by atoms with E-state index in [2.05, 4.69) is 0 Å². The van der Waals surface area contributed by atoms with Gasteiger partial charge in [-0.3, -0.25) is 4.79 Å². The maximum Gasteiger partial charge on any atom is 0.178 e. The van der Waals surface area contributed by atoms with Crippen molar-refractivity contribution in [2.45, 2.75) is 36.0 Å². The molecule has 1 atom stereocenters. The predicted octanol–water partition coefficient (Wildman–Crippen LogP) is 5.93. The number of ketones is 1. The van der Waals surface area contributed by atoms with Crippen LogP contribution in [0.5, 0.6) is 0 Å². The Kier molecular flexibility index (Phi) is 9.76. The minimum Gasteiger partial charge on any atom is -0.384 e. The van der Waals surface area contributed by atoms with Crippen LogP contribution < -0.4 is 0 Å². The molecular weight excluding hydrogens is 574 g/mol. The zero-order chi connectivity index (χ0) is 28.3. The monoisotopic (exact) mass is 600 g/mol. The van der Waals surface area contributed by atoms with E-state index < -0.39 is 31.4 Å². The number of halogens is 3. The number of rotatable bonds is 11. The molecule has 0 fully saturated rings. The molecule has 0 amide bonds. The Labute approximate surface area is 232 Å².